The minimum absolute atomic E-state index is 0.691. The van der Waals surface area contributed by atoms with E-state index in [1.165, 1.54) is 51.4 Å². The molecule has 0 saturated heterocycles. The van der Waals surface area contributed by atoms with Gasteiger partial charge in [0.25, 0.3) is 0 Å². The highest BCUT2D eigenvalue weighted by molar-refractivity contribution is 5.95. The summed E-state index contributed by atoms with van der Waals surface area (Å²) < 4.78 is 6.25. The van der Waals surface area contributed by atoms with Crippen LogP contribution in [-0.2, 0) is 0 Å². The molecule has 0 bridgehead atoms. The summed E-state index contributed by atoms with van der Waals surface area (Å²) in [4.78, 5) is 0. The Hall–Kier alpha value is -3.86. The van der Waals surface area contributed by atoms with E-state index in [1.807, 2.05) is 74.5 Å². The lowest BCUT2D eigenvalue weighted by atomic mass is 10.1. The van der Waals surface area contributed by atoms with Gasteiger partial charge in [-0.15, -0.1) is 5.11 Å². The van der Waals surface area contributed by atoms with Gasteiger partial charge in [-0.1, -0.05) is 107 Å². The lowest BCUT2D eigenvalue weighted by Crippen LogP contribution is -1.98. The van der Waals surface area contributed by atoms with Gasteiger partial charge in [0.15, 0.2) is 0 Å². The van der Waals surface area contributed by atoms with Crippen molar-refractivity contribution in [1.82, 2.24) is 0 Å². The molecular weight excluding hydrogens is 492 g/mol. The fourth-order valence-corrected chi connectivity index (χ4v) is 4.75. The van der Waals surface area contributed by atoms with Gasteiger partial charge >= 0.3 is 0 Å². The van der Waals surface area contributed by atoms with Crippen LogP contribution in [0, 0.1) is 13.8 Å². The maximum absolute atomic E-state index is 6.25. The standard InChI is InChI=1S/C35H42N4O/c1-4-5-6-7-8-9-10-11-16-25-40-34-24-21-29-18-13-14-19-31(29)35(34)39-38-33-23-22-30(26-28(33)3)36-37-32-20-15-12-17-27(32)2/h12-15,17-24,26H,4-11,16,25H2,1-3H3. The minimum Gasteiger partial charge on any atom is -0.491 e. The molecule has 0 radical (unpaired) electrons. The first-order valence-electron chi connectivity index (χ1n) is 14.8. The third-order valence-corrected chi connectivity index (χ3v) is 7.20. The zero-order valence-corrected chi connectivity index (χ0v) is 24.3. The summed E-state index contributed by atoms with van der Waals surface area (Å²) in [5.74, 6) is 0.781. The van der Waals surface area contributed by atoms with Crippen LogP contribution in [0.15, 0.2) is 99.3 Å². The Labute approximate surface area is 239 Å². The molecule has 0 aromatic heterocycles. The second-order valence-corrected chi connectivity index (χ2v) is 10.5. The molecule has 0 fully saturated rings. The molecule has 0 N–H and O–H groups in total. The van der Waals surface area contributed by atoms with Gasteiger partial charge in [-0.25, -0.2) is 0 Å². The average molecular weight is 535 g/mol. The molecule has 0 unspecified atom stereocenters. The van der Waals surface area contributed by atoms with Crippen molar-refractivity contribution in [2.75, 3.05) is 6.61 Å². The van der Waals surface area contributed by atoms with Gasteiger partial charge in [-0.2, -0.15) is 15.3 Å². The molecule has 0 heterocycles. The van der Waals surface area contributed by atoms with Crippen LogP contribution in [0.25, 0.3) is 10.8 Å². The molecule has 4 aromatic rings. The maximum atomic E-state index is 6.25. The largest absolute Gasteiger partial charge is 0.491 e. The highest BCUT2D eigenvalue weighted by atomic mass is 16.5. The van der Waals surface area contributed by atoms with E-state index in [0.717, 1.165) is 56.8 Å². The van der Waals surface area contributed by atoms with E-state index in [4.69, 9.17) is 9.85 Å². The van der Waals surface area contributed by atoms with Gasteiger partial charge in [-0.05, 0) is 67.1 Å². The van der Waals surface area contributed by atoms with Crippen LogP contribution < -0.4 is 4.74 Å². The highest BCUT2D eigenvalue weighted by Crippen LogP contribution is 2.38. The van der Waals surface area contributed by atoms with Crippen LogP contribution in [0.3, 0.4) is 0 Å². The second kappa shape index (κ2) is 15.7. The fraction of sp³-hybridized carbons (Fsp3) is 0.371. The Kier molecular flexibility index (Phi) is 11.4. The molecule has 0 aliphatic heterocycles. The van der Waals surface area contributed by atoms with E-state index in [-0.39, 0.29) is 0 Å². The molecule has 0 aliphatic carbocycles. The van der Waals surface area contributed by atoms with Crippen LogP contribution >= 0.6 is 0 Å². The van der Waals surface area contributed by atoms with Crippen LogP contribution in [0.2, 0.25) is 0 Å². The minimum atomic E-state index is 0.691. The lowest BCUT2D eigenvalue weighted by Gasteiger charge is -2.11. The van der Waals surface area contributed by atoms with Crippen molar-refractivity contribution in [2.24, 2.45) is 20.5 Å². The Balaban J connectivity index is 1.41. The first kappa shape index (κ1) is 29.1. The van der Waals surface area contributed by atoms with Crippen molar-refractivity contribution >= 4 is 33.5 Å². The van der Waals surface area contributed by atoms with E-state index in [9.17, 15) is 0 Å². The molecule has 5 heteroatoms. The first-order chi connectivity index (χ1) is 19.7. The predicted molar refractivity (Wildman–Crippen MR) is 167 cm³/mol. The number of hydrogen-bond acceptors (Lipinski definition) is 5. The Morgan fingerprint density at radius 1 is 0.575 bits per heavy atom. The summed E-state index contributed by atoms with van der Waals surface area (Å²) in [6, 6.07) is 26.2. The molecule has 40 heavy (non-hydrogen) atoms. The average Bonchev–Trinajstić information content (AvgIpc) is 2.97. The van der Waals surface area contributed by atoms with Gasteiger partial charge in [0, 0.05) is 5.39 Å². The van der Waals surface area contributed by atoms with E-state index < -0.39 is 0 Å². The predicted octanol–water partition coefficient (Wildman–Crippen LogP) is 12.2. The Morgan fingerprint density at radius 3 is 2.02 bits per heavy atom. The molecular formula is C35H42N4O. The third-order valence-electron chi connectivity index (χ3n) is 7.20. The number of unbranched alkanes of at least 4 members (excludes halogenated alkanes) is 8. The van der Waals surface area contributed by atoms with Gasteiger partial charge in [-0.3, -0.25) is 0 Å². The number of ether oxygens (including phenoxy) is 1. The number of benzene rings is 4. The van der Waals surface area contributed by atoms with Gasteiger partial charge in [0.2, 0.25) is 0 Å². The van der Waals surface area contributed by atoms with Gasteiger partial charge in [0.1, 0.15) is 11.4 Å². The first-order valence-corrected chi connectivity index (χ1v) is 14.8. The molecule has 5 nitrogen and oxygen atoms in total. The van der Waals surface area contributed by atoms with Crippen LogP contribution in [0.4, 0.5) is 22.7 Å². The summed E-state index contributed by atoms with van der Waals surface area (Å²) in [6.07, 6.45) is 11.6. The zero-order chi connectivity index (χ0) is 28.0. The summed E-state index contributed by atoms with van der Waals surface area (Å²) >= 11 is 0. The molecule has 0 atom stereocenters. The molecule has 0 aliphatic rings. The van der Waals surface area contributed by atoms with Crippen molar-refractivity contribution in [3.05, 3.63) is 90.0 Å². The smallest absolute Gasteiger partial charge is 0.147 e. The van der Waals surface area contributed by atoms with E-state index in [2.05, 4.69) is 40.5 Å². The highest BCUT2D eigenvalue weighted by Gasteiger charge is 2.09. The van der Waals surface area contributed by atoms with Crippen molar-refractivity contribution in [2.45, 2.75) is 78.6 Å². The van der Waals surface area contributed by atoms with E-state index in [1.54, 1.807) is 0 Å². The van der Waals surface area contributed by atoms with Crippen LogP contribution in [-0.4, -0.2) is 6.61 Å². The molecule has 0 saturated carbocycles. The molecule has 0 spiro atoms. The molecule has 0 amide bonds. The number of fused-ring (bicyclic) bond motifs is 1. The summed E-state index contributed by atoms with van der Waals surface area (Å²) in [5.41, 5.74) is 5.32. The number of rotatable bonds is 15. The SMILES string of the molecule is CCCCCCCCCCCOc1ccc2ccccc2c1N=Nc1ccc(N=Nc2ccccc2C)cc1C. The maximum Gasteiger partial charge on any atom is 0.147 e. The molecule has 208 valence electrons. The van der Waals surface area contributed by atoms with E-state index >= 15 is 0 Å². The number of azo groups is 2. The summed E-state index contributed by atoms with van der Waals surface area (Å²) in [6.45, 7) is 7.01. The van der Waals surface area contributed by atoms with Crippen molar-refractivity contribution < 1.29 is 4.74 Å². The summed E-state index contributed by atoms with van der Waals surface area (Å²) in [5, 5.41) is 20.3. The molecule has 4 rings (SSSR count). The normalized spacial score (nSPS) is 11.7. The van der Waals surface area contributed by atoms with Crippen molar-refractivity contribution in [3.63, 3.8) is 0 Å². The quantitative estimate of drug-likeness (QED) is 0.110. The van der Waals surface area contributed by atoms with Gasteiger partial charge in [0.05, 0.1) is 23.7 Å². The monoisotopic (exact) mass is 534 g/mol. The number of hydrogen-bond donors (Lipinski definition) is 0. The number of aryl methyl sites for hydroxylation is 2. The number of nitrogens with zero attached hydrogens (tertiary/aromatic N) is 4. The van der Waals surface area contributed by atoms with E-state index in [0.29, 0.717) is 6.61 Å². The van der Waals surface area contributed by atoms with Crippen molar-refractivity contribution in [3.8, 4) is 5.75 Å². The van der Waals surface area contributed by atoms with Crippen LogP contribution in [0.5, 0.6) is 5.75 Å². The molecule has 4 aromatic carbocycles. The van der Waals surface area contributed by atoms with Crippen LogP contribution in [0.1, 0.15) is 75.8 Å². The lowest BCUT2D eigenvalue weighted by molar-refractivity contribution is 0.305. The fourth-order valence-electron chi connectivity index (χ4n) is 4.75. The van der Waals surface area contributed by atoms with Crippen molar-refractivity contribution in [1.29, 1.82) is 0 Å². The third kappa shape index (κ3) is 8.57. The van der Waals surface area contributed by atoms with Gasteiger partial charge < -0.3 is 4.74 Å². The topological polar surface area (TPSA) is 58.7 Å². The Morgan fingerprint density at radius 2 is 1.25 bits per heavy atom. The zero-order valence-electron chi connectivity index (χ0n) is 24.3. The summed E-state index contributed by atoms with van der Waals surface area (Å²) in [7, 11) is 0. The second-order valence-electron chi connectivity index (χ2n) is 10.5. The Bertz CT molecular complexity index is 1430.